The average Bonchev–Trinajstić information content (AvgIpc) is 3.73. The van der Waals surface area contributed by atoms with Gasteiger partial charge >= 0.3 is 0 Å². The monoisotopic (exact) mass is 527 g/mol. The van der Waals surface area contributed by atoms with Crippen LogP contribution < -0.4 is 0 Å². The van der Waals surface area contributed by atoms with Crippen molar-refractivity contribution in [1.29, 1.82) is 5.26 Å². The first-order valence-corrected chi connectivity index (χ1v) is 12.9. The molecular weight excluding hydrogens is 510 g/mol. The van der Waals surface area contributed by atoms with Crippen LogP contribution in [-0.2, 0) is 0 Å². The second-order valence-electron chi connectivity index (χ2n) is 9.67. The molecule has 0 aliphatic heterocycles. The molecule has 0 saturated carbocycles. The molecule has 3 aromatic heterocycles. The number of aromatic nitrogens is 3. The first-order chi connectivity index (χ1) is 20.2. The van der Waals surface area contributed by atoms with Crippen molar-refractivity contribution < 1.29 is 8.83 Å². The van der Waals surface area contributed by atoms with Gasteiger partial charge in [-0.05, 0) is 66.7 Å². The van der Waals surface area contributed by atoms with Gasteiger partial charge in [0.05, 0.1) is 34.9 Å². The smallest absolute Gasteiger partial charge is 0.227 e. The van der Waals surface area contributed by atoms with Crippen molar-refractivity contribution in [2.24, 2.45) is 0 Å². The number of fused-ring (bicyclic) bond motifs is 5. The van der Waals surface area contributed by atoms with Gasteiger partial charge in [0.25, 0.3) is 0 Å². The largest absolute Gasteiger partial charge is 0.436 e. The molecule has 5 aromatic carbocycles. The first-order valence-electron chi connectivity index (χ1n) is 12.9. The maximum absolute atomic E-state index is 10.00. The lowest BCUT2D eigenvalue weighted by molar-refractivity contribution is 0.619. The van der Waals surface area contributed by atoms with Crippen molar-refractivity contribution in [3.05, 3.63) is 120 Å². The van der Waals surface area contributed by atoms with Crippen LogP contribution in [0.25, 0.3) is 77.4 Å². The molecule has 0 N–H and O–H groups in total. The standard InChI is InChI=1S/C34H17N5O2/c1-36-27-10-6-7-22(19-35)32(27)39-28-15-13-20(33-37-25-8-2-4-11-30(25)40-33)17-23(28)24-18-21(14-16-29(24)39)34-38-26-9-3-5-12-31(26)41-34/h2-18H. The minimum Gasteiger partial charge on any atom is -0.436 e. The molecule has 0 spiro atoms. The number of rotatable bonds is 3. The molecule has 0 bridgehead atoms. The van der Waals surface area contributed by atoms with E-state index in [9.17, 15) is 5.26 Å². The highest BCUT2D eigenvalue weighted by Crippen LogP contribution is 2.40. The second-order valence-corrected chi connectivity index (χ2v) is 9.67. The van der Waals surface area contributed by atoms with Gasteiger partial charge in [0, 0.05) is 21.9 Å². The number of oxazole rings is 2. The van der Waals surface area contributed by atoms with E-state index in [0.29, 0.717) is 39.9 Å². The van der Waals surface area contributed by atoms with Crippen LogP contribution in [0, 0.1) is 17.9 Å². The molecule has 8 rings (SSSR count). The molecule has 0 saturated heterocycles. The third kappa shape index (κ3) is 3.44. The lowest BCUT2D eigenvalue weighted by Gasteiger charge is -2.12. The number of hydrogen-bond donors (Lipinski definition) is 0. The number of para-hydroxylation sites is 5. The van der Waals surface area contributed by atoms with Crippen molar-refractivity contribution in [3.8, 4) is 34.7 Å². The Balaban J connectivity index is 1.44. The number of nitriles is 1. The summed E-state index contributed by atoms with van der Waals surface area (Å²) < 4.78 is 14.1. The number of nitrogens with zero attached hydrogens (tertiary/aromatic N) is 5. The van der Waals surface area contributed by atoms with Gasteiger partial charge in [-0.1, -0.05) is 36.4 Å². The zero-order valence-corrected chi connectivity index (χ0v) is 21.4. The van der Waals surface area contributed by atoms with Crippen LogP contribution in [0.2, 0.25) is 0 Å². The molecule has 7 nitrogen and oxygen atoms in total. The maximum Gasteiger partial charge on any atom is 0.227 e. The van der Waals surface area contributed by atoms with Crippen LogP contribution in [0.5, 0.6) is 0 Å². The Morgan fingerprint density at radius 2 is 1.24 bits per heavy atom. The molecule has 0 radical (unpaired) electrons. The molecule has 0 fully saturated rings. The van der Waals surface area contributed by atoms with E-state index >= 15 is 0 Å². The summed E-state index contributed by atoms with van der Waals surface area (Å²) in [6, 6.07) is 34.8. The molecule has 7 heteroatoms. The summed E-state index contributed by atoms with van der Waals surface area (Å²) in [5.41, 5.74) is 7.70. The summed E-state index contributed by atoms with van der Waals surface area (Å²) in [7, 11) is 0. The number of hydrogen-bond acceptors (Lipinski definition) is 5. The SMILES string of the molecule is [C-]#[N+]c1cccc(C#N)c1-n1c2ccc(-c3nc4ccccc4o3)cc2c2cc(-c3nc4ccccc4o3)ccc21. The predicted octanol–water partition coefficient (Wildman–Crippen LogP) is 8.82. The van der Waals surface area contributed by atoms with Crippen LogP contribution in [-0.4, -0.2) is 14.5 Å². The average molecular weight is 528 g/mol. The van der Waals surface area contributed by atoms with Gasteiger partial charge in [-0.3, -0.25) is 0 Å². The zero-order chi connectivity index (χ0) is 27.5. The van der Waals surface area contributed by atoms with E-state index in [-0.39, 0.29) is 0 Å². The van der Waals surface area contributed by atoms with Gasteiger partial charge in [-0.2, -0.15) is 5.26 Å². The Morgan fingerprint density at radius 3 is 1.76 bits per heavy atom. The molecule has 0 amide bonds. The normalized spacial score (nSPS) is 11.4. The minimum absolute atomic E-state index is 0.397. The topological polar surface area (TPSA) is 85.1 Å². The third-order valence-electron chi connectivity index (χ3n) is 7.33. The quantitative estimate of drug-likeness (QED) is 0.214. The molecular formula is C34H17N5O2. The highest BCUT2D eigenvalue weighted by molar-refractivity contribution is 6.12. The minimum atomic E-state index is 0.397. The highest BCUT2D eigenvalue weighted by Gasteiger charge is 2.21. The number of benzene rings is 5. The van der Waals surface area contributed by atoms with Gasteiger partial charge in [0.15, 0.2) is 11.2 Å². The Kier molecular flexibility index (Phi) is 4.82. The van der Waals surface area contributed by atoms with Gasteiger partial charge in [-0.15, -0.1) is 0 Å². The molecule has 0 atom stereocenters. The summed E-state index contributed by atoms with van der Waals surface area (Å²) in [5, 5.41) is 11.8. The Bertz CT molecular complexity index is 2180. The fourth-order valence-electron chi connectivity index (χ4n) is 5.47. The van der Waals surface area contributed by atoms with E-state index in [1.807, 2.05) is 89.5 Å². The van der Waals surface area contributed by atoms with E-state index in [1.54, 1.807) is 18.2 Å². The van der Waals surface area contributed by atoms with Crippen molar-refractivity contribution in [2.75, 3.05) is 0 Å². The Hall–Kier alpha value is -6.18. The molecule has 3 heterocycles. The lowest BCUT2D eigenvalue weighted by Crippen LogP contribution is -1.98. The summed E-state index contributed by atoms with van der Waals surface area (Å²) in [5.74, 6) is 1.03. The van der Waals surface area contributed by atoms with Crippen molar-refractivity contribution >= 4 is 49.7 Å². The summed E-state index contributed by atoms with van der Waals surface area (Å²) in [4.78, 5) is 13.2. The maximum atomic E-state index is 10.00. The first kappa shape index (κ1) is 22.8. The highest BCUT2D eigenvalue weighted by atomic mass is 16.4. The van der Waals surface area contributed by atoms with Crippen LogP contribution >= 0.6 is 0 Å². The second kappa shape index (κ2) is 8.67. The fourth-order valence-corrected chi connectivity index (χ4v) is 5.47. The molecule has 190 valence electrons. The summed E-state index contributed by atoms with van der Waals surface area (Å²) in [6.07, 6.45) is 0. The van der Waals surface area contributed by atoms with Crippen molar-refractivity contribution in [3.63, 3.8) is 0 Å². The molecule has 0 unspecified atom stereocenters. The Morgan fingerprint density at radius 1 is 0.683 bits per heavy atom. The van der Waals surface area contributed by atoms with E-state index in [4.69, 9.17) is 25.4 Å². The van der Waals surface area contributed by atoms with Gasteiger partial charge in [0.2, 0.25) is 17.5 Å². The van der Waals surface area contributed by atoms with Crippen LogP contribution in [0.1, 0.15) is 5.56 Å². The van der Waals surface area contributed by atoms with E-state index < -0.39 is 0 Å². The Labute approximate surface area is 233 Å². The van der Waals surface area contributed by atoms with Gasteiger partial charge in [-0.25, -0.2) is 14.8 Å². The zero-order valence-electron chi connectivity index (χ0n) is 21.4. The van der Waals surface area contributed by atoms with Crippen LogP contribution in [0.15, 0.2) is 112 Å². The van der Waals surface area contributed by atoms with Gasteiger partial charge < -0.3 is 13.4 Å². The summed E-state index contributed by atoms with van der Waals surface area (Å²) >= 11 is 0. The van der Waals surface area contributed by atoms with Crippen LogP contribution in [0.4, 0.5) is 5.69 Å². The van der Waals surface area contributed by atoms with E-state index in [1.165, 1.54) is 0 Å². The predicted molar refractivity (Wildman–Crippen MR) is 158 cm³/mol. The molecule has 41 heavy (non-hydrogen) atoms. The molecule has 0 aliphatic rings. The van der Waals surface area contributed by atoms with Crippen LogP contribution in [0.3, 0.4) is 0 Å². The van der Waals surface area contributed by atoms with Crippen molar-refractivity contribution in [1.82, 2.24) is 14.5 Å². The molecule has 8 aromatic rings. The van der Waals surface area contributed by atoms with E-state index in [0.717, 1.165) is 44.0 Å². The van der Waals surface area contributed by atoms with E-state index in [2.05, 4.69) is 10.9 Å². The molecule has 0 aliphatic carbocycles. The van der Waals surface area contributed by atoms with Crippen molar-refractivity contribution in [2.45, 2.75) is 0 Å². The fraction of sp³-hybridized carbons (Fsp3) is 0. The van der Waals surface area contributed by atoms with Gasteiger partial charge in [0.1, 0.15) is 11.0 Å². The lowest BCUT2D eigenvalue weighted by atomic mass is 10.1. The summed E-state index contributed by atoms with van der Waals surface area (Å²) in [6.45, 7) is 7.83. The third-order valence-corrected chi connectivity index (χ3v) is 7.33.